The Balaban J connectivity index is 1.80. The van der Waals surface area contributed by atoms with Crippen molar-refractivity contribution in [1.82, 2.24) is 4.57 Å². The molecule has 0 atom stereocenters. The van der Waals surface area contributed by atoms with Crippen LogP contribution in [0.2, 0.25) is 0 Å². The van der Waals surface area contributed by atoms with E-state index in [0.717, 1.165) is 17.7 Å². The second-order valence-electron chi connectivity index (χ2n) is 5.82. The van der Waals surface area contributed by atoms with Crippen molar-refractivity contribution in [3.05, 3.63) is 93.9 Å². The quantitative estimate of drug-likeness (QED) is 0.749. The maximum atomic E-state index is 13.3. The number of aromatic nitrogens is 1. The highest BCUT2D eigenvalue weighted by atomic mass is 19.2. The van der Waals surface area contributed by atoms with Gasteiger partial charge < -0.3 is 14.6 Å². The molecule has 2 aromatic carbocycles. The summed E-state index contributed by atoms with van der Waals surface area (Å²) in [4.78, 5) is 24.4. The minimum Gasteiger partial charge on any atom is -0.497 e. The smallest absolute Gasteiger partial charge is 0.257 e. The Morgan fingerprint density at radius 2 is 1.78 bits per heavy atom. The topological polar surface area (TPSA) is 60.3 Å². The van der Waals surface area contributed by atoms with Crippen molar-refractivity contribution in [2.45, 2.75) is 6.54 Å². The Hall–Kier alpha value is -3.48. The molecule has 0 aliphatic carbocycles. The molecule has 3 rings (SSSR count). The predicted molar refractivity (Wildman–Crippen MR) is 97.1 cm³/mol. The molecule has 1 amide bonds. The molecule has 7 heteroatoms. The summed E-state index contributed by atoms with van der Waals surface area (Å²) in [7, 11) is 1.56. The van der Waals surface area contributed by atoms with Crippen LogP contribution in [0.4, 0.5) is 14.5 Å². The van der Waals surface area contributed by atoms with Crippen molar-refractivity contribution in [3.63, 3.8) is 0 Å². The standard InChI is InChI=1S/C20H16F2N2O3/c1-27-16-6-2-13(3-7-16)11-24-12-14(4-9-19(24)25)20(26)23-15-5-8-17(21)18(22)10-15/h2-10,12H,11H2,1H3,(H,23,26). The van der Waals surface area contributed by atoms with Gasteiger partial charge in [0.1, 0.15) is 5.75 Å². The van der Waals surface area contributed by atoms with E-state index in [1.54, 1.807) is 19.2 Å². The Morgan fingerprint density at radius 1 is 1.04 bits per heavy atom. The number of amides is 1. The van der Waals surface area contributed by atoms with E-state index in [-0.39, 0.29) is 23.4 Å². The maximum Gasteiger partial charge on any atom is 0.257 e. The molecule has 0 radical (unpaired) electrons. The molecule has 0 saturated carbocycles. The van der Waals surface area contributed by atoms with Gasteiger partial charge in [0.05, 0.1) is 19.2 Å². The monoisotopic (exact) mass is 370 g/mol. The van der Waals surface area contributed by atoms with E-state index in [0.29, 0.717) is 5.75 Å². The number of nitrogens with zero attached hydrogens (tertiary/aromatic N) is 1. The molecule has 1 heterocycles. The molecular weight excluding hydrogens is 354 g/mol. The molecular formula is C20H16F2N2O3. The van der Waals surface area contributed by atoms with Crippen molar-refractivity contribution < 1.29 is 18.3 Å². The molecule has 0 aliphatic heterocycles. The molecule has 0 unspecified atom stereocenters. The lowest BCUT2D eigenvalue weighted by Gasteiger charge is -2.10. The van der Waals surface area contributed by atoms with Crippen LogP contribution in [0.1, 0.15) is 15.9 Å². The Morgan fingerprint density at radius 3 is 2.44 bits per heavy atom. The van der Waals surface area contributed by atoms with Crippen LogP contribution in [0, 0.1) is 11.6 Å². The van der Waals surface area contributed by atoms with Gasteiger partial charge in [0.2, 0.25) is 0 Å². The van der Waals surface area contributed by atoms with Gasteiger partial charge in [-0.15, -0.1) is 0 Å². The fraction of sp³-hybridized carbons (Fsp3) is 0.100. The lowest BCUT2D eigenvalue weighted by molar-refractivity contribution is 0.102. The predicted octanol–water partition coefficient (Wildman–Crippen LogP) is 3.44. The van der Waals surface area contributed by atoms with Gasteiger partial charge in [-0.05, 0) is 35.9 Å². The normalized spacial score (nSPS) is 10.5. The molecule has 27 heavy (non-hydrogen) atoms. The third-order valence-electron chi connectivity index (χ3n) is 3.94. The Labute approximate surface area is 153 Å². The summed E-state index contributed by atoms with van der Waals surface area (Å²) in [5, 5.41) is 2.47. The zero-order chi connectivity index (χ0) is 19.4. The molecule has 0 aliphatic rings. The van der Waals surface area contributed by atoms with Crippen LogP contribution >= 0.6 is 0 Å². The van der Waals surface area contributed by atoms with E-state index < -0.39 is 17.5 Å². The molecule has 138 valence electrons. The van der Waals surface area contributed by atoms with Crippen LogP contribution in [-0.2, 0) is 6.54 Å². The first-order valence-electron chi connectivity index (χ1n) is 8.06. The zero-order valence-electron chi connectivity index (χ0n) is 14.4. The number of rotatable bonds is 5. The van der Waals surface area contributed by atoms with Gasteiger partial charge >= 0.3 is 0 Å². The van der Waals surface area contributed by atoms with Crippen LogP contribution in [0.25, 0.3) is 0 Å². The maximum absolute atomic E-state index is 13.3. The number of carbonyl (C=O) groups is 1. The van der Waals surface area contributed by atoms with Crippen molar-refractivity contribution in [1.29, 1.82) is 0 Å². The van der Waals surface area contributed by atoms with Crippen LogP contribution in [0.3, 0.4) is 0 Å². The second-order valence-corrected chi connectivity index (χ2v) is 5.82. The number of carbonyl (C=O) groups excluding carboxylic acids is 1. The van der Waals surface area contributed by atoms with Crippen molar-refractivity contribution >= 4 is 11.6 Å². The summed E-state index contributed by atoms with van der Waals surface area (Å²) in [5.41, 5.74) is 0.922. The van der Waals surface area contributed by atoms with E-state index in [9.17, 15) is 18.4 Å². The molecule has 0 fully saturated rings. The molecule has 1 N–H and O–H groups in total. The van der Waals surface area contributed by atoms with Crippen molar-refractivity contribution in [2.24, 2.45) is 0 Å². The SMILES string of the molecule is COc1ccc(Cn2cc(C(=O)Nc3ccc(F)c(F)c3)ccc2=O)cc1. The molecule has 0 saturated heterocycles. The third kappa shape index (κ3) is 4.38. The Kier molecular flexibility index (Phi) is 5.30. The first-order valence-corrected chi connectivity index (χ1v) is 8.06. The fourth-order valence-corrected chi connectivity index (χ4v) is 2.49. The number of hydrogen-bond acceptors (Lipinski definition) is 3. The van der Waals surface area contributed by atoms with Crippen molar-refractivity contribution in [2.75, 3.05) is 12.4 Å². The minimum atomic E-state index is -1.06. The highest BCUT2D eigenvalue weighted by molar-refractivity contribution is 6.04. The zero-order valence-corrected chi connectivity index (χ0v) is 14.4. The summed E-state index contributed by atoms with van der Waals surface area (Å²) in [5.74, 6) is -1.89. The summed E-state index contributed by atoms with van der Waals surface area (Å²) < 4.78 is 32.7. The molecule has 3 aromatic rings. The number of ether oxygens (including phenoxy) is 1. The summed E-state index contributed by atoms with van der Waals surface area (Å²) >= 11 is 0. The fourth-order valence-electron chi connectivity index (χ4n) is 2.49. The lowest BCUT2D eigenvalue weighted by atomic mass is 10.2. The van der Waals surface area contributed by atoms with Gasteiger partial charge in [0.25, 0.3) is 11.5 Å². The molecule has 5 nitrogen and oxygen atoms in total. The highest BCUT2D eigenvalue weighted by Gasteiger charge is 2.10. The molecule has 0 bridgehead atoms. The van der Waals surface area contributed by atoms with Crippen molar-refractivity contribution in [3.8, 4) is 5.75 Å². The number of anilines is 1. The van der Waals surface area contributed by atoms with Gasteiger partial charge in [-0.25, -0.2) is 8.78 Å². The number of methoxy groups -OCH3 is 1. The highest BCUT2D eigenvalue weighted by Crippen LogP contribution is 2.15. The third-order valence-corrected chi connectivity index (χ3v) is 3.94. The summed E-state index contributed by atoms with van der Waals surface area (Å²) in [6.07, 6.45) is 1.42. The first-order chi connectivity index (χ1) is 13.0. The van der Waals surface area contributed by atoms with Gasteiger partial charge in [-0.2, -0.15) is 0 Å². The van der Waals surface area contributed by atoms with E-state index in [4.69, 9.17) is 4.74 Å². The van der Waals surface area contributed by atoms with Crippen LogP contribution in [0.5, 0.6) is 5.75 Å². The largest absolute Gasteiger partial charge is 0.497 e. The number of benzene rings is 2. The lowest BCUT2D eigenvalue weighted by Crippen LogP contribution is -2.22. The second kappa shape index (κ2) is 7.82. The van der Waals surface area contributed by atoms with Crippen LogP contribution in [0.15, 0.2) is 65.6 Å². The van der Waals surface area contributed by atoms with Gasteiger partial charge in [0.15, 0.2) is 11.6 Å². The Bertz CT molecular complexity index is 1030. The number of pyridine rings is 1. The van der Waals surface area contributed by atoms with E-state index in [2.05, 4.69) is 5.32 Å². The van der Waals surface area contributed by atoms with Crippen LogP contribution < -0.4 is 15.6 Å². The molecule has 1 aromatic heterocycles. The van der Waals surface area contributed by atoms with Gasteiger partial charge in [-0.1, -0.05) is 12.1 Å². The van der Waals surface area contributed by atoms with E-state index in [1.807, 2.05) is 12.1 Å². The number of nitrogens with one attached hydrogen (secondary N) is 1. The number of halogens is 2. The van der Waals surface area contributed by atoms with E-state index >= 15 is 0 Å². The van der Waals surface area contributed by atoms with Gasteiger partial charge in [0, 0.05) is 24.0 Å². The summed E-state index contributed by atoms with van der Waals surface area (Å²) in [6, 6.07) is 12.9. The minimum absolute atomic E-state index is 0.117. The first kappa shape index (κ1) is 18.3. The number of hydrogen-bond donors (Lipinski definition) is 1. The average molecular weight is 370 g/mol. The van der Waals surface area contributed by atoms with Crippen LogP contribution in [-0.4, -0.2) is 17.6 Å². The molecule has 0 spiro atoms. The van der Waals surface area contributed by atoms with Gasteiger partial charge in [-0.3, -0.25) is 9.59 Å². The average Bonchev–Trinajstić information content (AvgIpc) is 2.67. The van der Waals surface area contributed by atoms with E-state index in [1.165, 1.54) is 29.0 Å². The summed E-state index contributed by atoms with van der Waals surface area (Å²) in [6.45, 7) is 0.273.